The monoisotopic (exact) mass is 389 g/mol. The predicted octanol–water partition coefficient (Wildman–Crippen LogP) is 4.30. The number of rotatable bonds is 7. The number of methoxy groups -OCH3 is 1. The summed E-state index contributed by atoms with van der Waals surface area (Å²) in [7, 11) is 1.61. The molecule has 6 nitrogen and oxygen atoms in total. The van der Waals surface area contributed by atoms with Crippen molar-refractivity contribution in [2.75, 3.05) is 24.3 Å². The number of hydrogen-bond acceptors (Lipinski definition) is 6. The summed E-state index contributed by atoms with van der Waals surface area (Å²) in [5.74, 6) is 1.16. The van der Waals surface area contributed by atoms with Crippen LogP contribution in [0.5, 0.6) is 5.75 Å². The third-order valence-corrected chi connectivity index (χ3v) is 3.93. The average Bonchev–Trinajstić information content (AvgIpc) is 2.68. The molecule has 2 N–H and O–H groups in total. The Morgan fingerprint density at radius 3 is 2.57 bits per heavy atom. The fraction of sp³-hybridized carbons (Fsp3) is 0.211. The van der Waals surface area contributed by atoms with Crippen molar-refractivity contribution < 1.29 is 17.9 Å². The van der Waals surface area contributed by atoms with E-state index in [0.717, 1.165) is 17.4 Å². The van der Waals surface area contributed by atoms with Crippen LogP contribution in [-0.2, 0) is 12.6 Å². The quantitative estimate of drug-likeness (QED) is 0.628. The Morgan fingerprint density at radius 2 is 1.79 bits per heavy atom. The lowest BCUT2D eigenvalue weighted by atomic mass is 10.1. The minimum absolute atomic E-state index is 0.0287. The van der Waals surface area contributed by atoms with Crippen LogP contribution in [0.3, 0.4) is 0 Å². The zero-order chi connectivity index (χ0) is 20.0. The van der Waals surface area contributed by atoms with Crippen LogP contribution in [0.4, 0.5) is 30.6 Å². The summed E-state index contributed by atoms with van der Waals surface area (Å²) < 4.78 is 44.6. The number of hydrogen-bond donors (Lipinski definition) is 2. The van der Waals surface area contributed by atoms with Crippen LogP contribution in [0.2, 0.25) is 0 Å². The molecule has 146 valence electrons. The lowest BCUT2D eigenvalue weighted by molar-refractivity contribution is -0.136. The van der Waals surface area contributed by atoms with Crippen LogP contribution < -0.4 is 15.4 Å². The molecule has 0 unspecified atom stereocenters. The van der Waals surface area contributed by atoms with E-state index in [4.69, 9.17) is 4.74 Å². The molecule has 0 fully saturated rings. The minimum Gasteiger partial charge on any atom is -0.496 e. The Balaban J connectivity index is 1.67. The molecule has 0 saturated heterocycles. The van der Waals surface area contributed by atoms with Gasteiger partial charge in [0.05, 0.1) is 24.6 Å². The highest BCUT2D eigenvalue weighted by atomic mass is 19.4. The second-order valence-electron chi connectivity index (χ2n) is 5.82. The van der Waals surface area contributed by atoms with Crippen molar-refractivity contribution >= 4 is 17.5 Å². The highest BCUT2D eigenvalue weighted by molar-refractivity contribution is 5.59. The summed E-state index contributed by atoms with van der Waals surface area (Å²) in [6.45, 7) is 0.539. The van der Waals surface area contributed by atoms with Gasteiger partial charge in [0.1, 0.15) is 5.75 Å². The van der Waals surface area contributed by atoms with Gasteiger partial charge in [-0.1, -0.05) is 30.3 Å². The molecule has 0 radical (unpaired) electrons. The molecular formula is C19H18F3N5O. The van der Waals surface area contributed by atoms with Gasteiger partial charge in [0.25, 0.3) is 0 Å². The Labute approximate surface area is 159 Å². The van der Waals surface area contributed by atoms with Crippen LogP contribution >= 0.6 is 0 Å². The Morgan fingerprint density at radius 1 is 1.04 bits per heavy atom. The maximum atomic E-state index is 13.1. The number of anilines is 3. The molecule has 0 spiro atoms. The number of halogens is 3. The Hall–Kier alpha value is -3.36. The molecule has 9 heteroatoms. The second-order valence-corrected chi connectivity index (χ2v) is 5.82. The predicted molar refractivity (Wildman–Crippen MR) is 99.7 cm³/mol. The summed E-state index contributed by atoms with van der Waals surface area (Å²) in [6.07, 6.45) is -2.40. The molecule has 28 heavy (non-hydrogen) atoms. The zero-order valence-corrected chi connectivity index (χ0v) is 15.0. The lowest BCUT2D eigenvalue weighted by Gasteiger charge is -2.13. The molecule has 3 aromatic rings. The van der Waals surface area contributed by atoms with Crippen molar-refractivity contribution in [1.29, 1.82) is 0 Å². The van der Waals surface area contributed by atoms with Gasteiger partial charge in [-0.15, -0.1) is 5.10 Å². The van der Waals surface area contributed by atoms with E-state index in [-0.39, 0.29) is 11.6 Å². The van der Waals surface area contributed by atoms with Crippen molar-refractivity contribution in [3.8, 4) is 5.75 Å². The molecule has 0 aliphatic heterocycles. The average molecular weight is 389 g/mol. The van der Waals surface area contributed by atoms with Crippen molar-refractivity contribution in [1.82, 2.24) is 15.2 Å². The van der Waals surface area contributed by atoms with Crippen LogP contribution in [0.1, 0.15) is 11.1 Å². The molecular weight excluding hydrogens is 371 g/mol. The van der Waals surface area contributed by atoms with E-state index < -0.39 is 11.7 Å². The molecule has 0 bridgehead atoms. The highest BCUT2D eigenvalue weighted by Gasteiger charge is 2.33. The molecule has 0 aliphatic carbocycles. The maximum Gasteiger partial charge on any atom is 0.418 e. The van der Waals surface area contributed by atoms with Gasteiger partial charge in [0.2, 0.25) is 5.95 Å². The van der Waals surface area contributed by atoms with E-state index in [9.17, 15) is 13.2 Å². The zero-order valence-electron chi connectivity index (χ0n) is 15.0. The van der Waals surface area contributed by atoms with E-state index in [1.54, 1.807) is 7.11 Å². The van der Waals surface area contributed by atoms with Crippen LogP contribution in [0.15, 0.2) is 54.7 Å². The summed E-state index contributed by atoms with van der Waals surface area (Å²) in [5, 5.41) is 13.2. The van der Waals surface area contributed by atoms with Gasteiger partial charge >= 0.3 is 6.18 Å². The molecule has 0 aliphatic rings. The smallest absolute Gasteiger partial charge is 0.418 e. The first-order chi connectivity index (χ1) is 13.5. The third-order valence-electron chi connectivity index (χ3n) is 3.93. The molecule has 0 saturated carbocycles. The van der Waals surface area contributed by atoms with E-state index in [1.165, 1.54) is 24.4 Å². The number of benzene rings is 2. The van der Waals surface area contributed by atoms with E-state index in [0.29, 0.717) is 18.8 Å². The molecule has 1 heterocycles. The van der Waals surface area contributed by atoms with Gasteiger partial charge in [0, 0.05) is 6.54 Å². The summed E-state index contributed by atoms with van der Waals surface area (Å²) in [4.78, 5) is 4.17. The summed E-state index contributed by atoms with van der Waals surface area (Å²) >= 11 is 0. The molecule has 3 rings (SSSR count). The Kier molecular flexibility index (Phi) is 5.93. The van der Waals surface area contributed by atoms with E-state index in [1.807, 2.05) is 24.3 Å². The van der Waals surface area contributed by atoms with Crippen LogP contribution in [0.25, 0.3) is 0 Å². The van der Waals surface area contributed by atoms with Gasteiger partial charge in [-0.25, -0.2) is 0 Å². The summed E-state index contributed by atoms with van der Waals surface area (Å²) in [5.41, 5.74) is 0.0908. The fourth-order valence-electron chi connectivity index (χ4n) is 2.64. The van der Waals surface area contributed by atoms with Crippen molar-refractivity contribution in [3.05, 3.63) is 65.9 Å². The standard InChI is InChI=1S/C19H18F3N5O/c1-28-16-9-5-2-6-13(16)10-11-23-17-12-24-27-18(26-17)25-15-8-4-3-7-14(15)19(20,21)22/h2-9,12H,10-11H2,1H3,(H2,23,25,26,27). The first kappa shape index (κ1) is 19.4. The van der Waals surface area contributed by atoms with Gasteiger partial charge in [-0.2, -0.15) is 23.3 Å². The topological polar surface area (TPSA) is 72.0 Å². The number of para-hydroxylation sites is 2. The van der Waals surface area contributed by atoms with Gasteiger partial charge in [0.15, 0.2) is 5.82 Å². The van der Waals surface area contributed by atoms with Crippen molar-refractivity contribution in [3.63, 3.8) is 0 Å². The van der Waals surface area contributed by atoms with Crippen molar-refractivity contribution in [2.45, 2.75) is 12.6 Å². The second kappa shape index (κ2) is 8.55. The van der Waals surface area contributed by atoms with E-state index >= 15 is 0 Å². The van der Waals surface area contributed by atoms with Gasteiger partial charge in [-0.3, -0.25) is 0 Å². The lowest BCUT2D eigenvalue weighted by Crippen LogP contribution is -2.11. The van der Waals surface area contributed by atoms with E-state index in [2.05, 4.69) is 25.8 Å². The number of nitrogens with one attached hydrogen (secondary N) is 2. The molecule has 0 atom stereocenters. The normalized spacial score (nSPS) is 11.1. The third kappa shape index (κ3) is 4.87. The van der Waals surface area contributed by atoms with Crippen LogP contribution in [0, 0.1) is 0 Å². The fourth-order valence-corrected chi connectivity index (χ4v) is 2.64. The number of nitrogens with zero attached hydrogens (tertiary/aromatic N) is 3. The maximum absolute atomic E-state index is 13.1. The molecule has 0 amide bonds. The van der Waals surface area contributed by atoms with Crippen LogP contribution in [-0.4, -0.2) is 28.8 Å². The first-order valence-electron chi connectivity index (χ1n) is 8.46. The Bertz CT molecular complexity index is 933. The van der Waals surface area contributed by atoms with Gasteiger partial charge < -0.3 is 15.4 Å². The SMILES string of the molecule is COc1ccccc1CCNc1cnnc(Nc2ccccc2C(F)(F)F)n1. The van der Waals surface area contributed by atoms with Crippen molar-refractivity contribution in [2.24, 2.45) is 0 Å². The highest BCUT2D eigenvalue weighted by Crippen LogP contribution is 2.35. The summed E-state index contributed by atoms with van der Waals surface area (Å²) in [6, 6.07) is 12.8. The molecule has 1 aromatic heterocycles. The largest absolute Gasteiger partial charge is 0.496 e. The molecule has 2 aromatic carbocycles. The number of ether oxygens (including phenoxy) is 1. The number of alkyl halides is 3. The van der Waals surface area contributed by atoms with Gasteiger partial charge in [-0.05, 0) is 30.2 Å². The first-order valence-corrected chi connectivity index (χ1v) is 8.46. The minimum atomic E-state index is -4.48. The number of aromatic nitrogens is 3.